The van der Waals surface area contributed by atoms with E-state index in [0.29, 0.717) is 5.92 Å². The SMILES string of the molecule is O=C1C2=C(Cc3ccccc32)C2CCOC12. The molecule has 2 atom stereocenters. The maximum absolute atomic E-state index is 12.2. The number of hydrogen-bond acceptors (Lipinski definition) is 2. The van der Waals surface area contributed by atoms with Crippen LogP contribution in [0.3, 0.4) is 0 Å². The van der Waals surface area contributed by atoms with E-state index < -0.39 is 0 Å². The number of fused-ring (bicyclic) bond motifs is 4. The molecule has 0 amide bonds. The van der Waals surface area contributed by atoms with Crippen molar-refractivity contribution in [2.24, 2.45) is 5.92 Å². The number of ether oxygens (including phenoxy) is 1. The first-order valence-corrected chi connectivity index (χ1v) is 5.83. The Labute approximate surface area is 93.9 Å². The minimum Gasteiger partial charge on any atom is -0.369 e. The van der Waals surface area contributed by atoms with E-state index in [1.807, 2.05) is 12.1 Å². The summed E-state index contributed by atoms with van der Waals surface area (Å²) in [5, 5.41) is 0. The van der Waals surface area contributed by atoms with Gasteiger partial charge in [-0.3, -0.25) is 4.79 Å². The van der Waals surface area contributed by atoms with E-state index in [-0.39, 0.29) is 11.9 Å². The van der Waals surface area contributed by atoms with Gasteiger partial charge in [0.15, 0.2) is 5.78 Å². The fourth-order valence-electron chi connectivity index (χ4n) is 3.34. The van der Waals surface area contributed by atoms with Crippen LogP contribution >= 0.6 is 0 Å². The van der Waals surface area contributed by atoms with E-state index in [1.165, 1.54) is 11.1 Å². The summed E-state index contributed by atoms with van der Waals surface area (Å²) in [5.41, 5.74) is 4.78. The van der Waals surface area contributed by atoms with Gasteiger partial charge in [0, 0.05) is 18.1 Å². The van der Waals surface area contributed by atoms with Crippen LogP contribution in [0.4, 0.5) is 0 Å². The van der Waals surface area contributed by atoms with E-state index in [2.05, 4.69) is 12.1 Å². The third-order valence-electron chi connectivity index (χ3n) is 4.03. The first-order chi connectivity index (χ1) is 7.86. The van der Waals surface area contributed by atoms with Crippen LogP contribution in [0.25, 0.3) is 5.57 Å². The molecule has 16 heavy (non-hydrogen) atoms. The summed E-state index contributed by atoms with van der Waals surface area (Å²) in [7, 11) is 0. The highest BCUT2D eigenvalue weighted by Crippen LogP contribution is 2.48. The predicted octanol–water partition coefficient (Wildman–Crippen LogP) is 1.98. The molecule has 2 aliphatic carbocycles. The van der Waals surface area contributed by atoms with E-state index in [9.17, 15) is 4.79 Å². The topological polar surface area (TPSA) is 26.3 Å². The van der Waals surface area contributed by atoms with Gasteiger partial charge in [-0.2, -0.15) is 0 Å². The molecule has 1 saturated heterocycles. The molecule has 80 valence electrons. The number of Topliss-reactive ketones (excluding diaryl/α,β-unsaturated/α-hetero) is 1. The van der Waals surface area contributed by atoms with Gasteiger partial charge in [-0.05, 0) is 29.5 Å². The molecule has 0 saturated carbocycles. The second-order valence-electron chi connectivity index (χ2n) is 4.78. The van der Waals surface area contributed by atoms with Crippen LogP contribution in [0.15, 0.2) is 29.8 Å². The quantitative estimate of drug-likeness (QED) is 0.657. The number of carbonyl (C=O) groups is 1. The van der Waals surface area contributed by atoms with E-state index >= 15 is 0 Å². The Hall–Kier alpha value is -1.41. The maximum atomic E-state index is 12.2. The molecule has 1 aliphatic heterocycles. The molecule has 1 heterocycles. The third-order valence-corrected chi connectivity index (χ3v) is 4.03. The summed E-state index contributed by atoms with van der Waals surface area (Å²) in [4.78, 5) is 12.2. The van der Waals surface area contributed by atoms with Gasteiger partial charge in [0.25, 0.3) is 0 Å². The Morgan fingerprint density at radius 1 is 1.25 bits per heavy atom. The van der Waals surface area contributed by atoms with Gasteiger partial charge in [0.1, 0.15) is 6.10 Å². The molecule has 2 nitrogen and oxygen atoms in total. The second kappa shape index (κ2) is 2.83. The predicted molar refractivity (Wildman–Crippen MR) is 59.9 cm³/mol. The molecular formula is C14H12O2. The number of carbonyl (C=O) groups excluding carboxylic acids is 1. The molecule has 0 spiro atoms. The molecule has 0 N–H and O–H groups in total. The molecule has 0 radical (unpaired) electrons. The Kier molecular flexibility index (Phi) is 1.54. The molecule has 1 fully saturated rings. The summed E-state index contributed by atoms with van der Waals surface area (Å²) in [5.74, 6) is 0.595. The van der Waals surface area contributed by atoms with E-state index in [1.54, 1.807) is 0 Å². The smallest absolute Gasteiger partial charge is 0.192 e. The van der Waals surface area contributed by atoms with Crippen molar-refractivity contribution in [1.82, 2.24) is 0 Å². The molecule has 1 aromatic carbocycles. The Balaban J connectivity index is 1.90. The highest BCUT2D eigenvalue weighted by Gasteiger charge is 2.48. The minimum absolute atomic E-state index is 0.154. The highest BCUT2D eigenvalue weighted by molar-refractivity contribution is 6.28. The number of rotatable bonds is 0. The Bertz CT molecular complexity index is 527. The molecule has 2 heteroatoms. The van der Waals surface area contributed by atoms with Crippen molar-refractivity contribution in [2.75, 3.05) is 6.61 Å². The number of ketones is 1. The van der Waals surface area contributed by atoms with Crippen molar-refractivity contribution in [3.63, 3.8) is 0 Å². The lowest BCUT2D eigenvalue weighted by Gasteiger charge is -2.11. The zero-order chi connectivity index (χ0) is 10.7. The molecule has 1 aromatic rings. The molecular weight excluding hydrogens is 200 g/mol. The van der Waals surface area contributed by atoms with Gasteiger partial charge in [-0.1, -0.05) is 24.3 Å². The normalized spacial score (nSPS) is 30.6. The highest BCUT2D eigenvalue weighted by atomic mass is 16.5. The molecule has 0 aromatic heterocycles. The number of benzene rings is 1. The molecule has 2 unspecified atom stereocenters. The third kappa shape index (κ3) is 0.890. The summed E-state index contributed by atoms with van der Waals surface area (Å²) in [6.07, 6.45) is 1.82. The van der Waals surface area contributed by atoms with E-state index in [0.717, 1.165) is 30.6 Å². The van der Waals surface area contributed by atoms with Gasteiger partial charge in [-0.15, -0.1) is 0 Å². The number of hydrogen-bond donors (Lipinski definition) is 0. The van der Waals surface area contributed by atoms with Crippen LogP contribution in [0.1, 0.15) is 17.5 Å². The first kappa shape index (κ1) is 8.71. The van der Waals surface area contributed by atoms with Crippen molar-refractivity contribution < 1.29 is 9.53 Å². The van der Waals surface area contributed by atoms with E-state index in [4.69, 9.17) is 4.74 Å². The Morgan fingerprint density at radius 2 is 2.12 bits per heavy atom. The van der Waals surface area contributed by atoms with Crippen molar-refractivity contribution in [1.29, 1.82) is 0 Å². The lowest BCUT2D eigenvalue weighted by Crippen LogP contribution is -2.21. The standard InChI is InChI=1S/C14H12O2/c15-13-12-9-4-2-1-3-8(9)7-11(12)10-5-6-16-14(10)13/h1-4,10,14H,5-7H2. The molecule has 0 bridgehead atoms. The van der Waals surface area contributed by atoms with Gasteiger partial charge in [-0.25, -0.2) is 0 Å². The summed E-state index contributed by atoms with van der Waals surface area (Å²) in [6.45, 7) is 0.744. The largest absolute Gasteiger partial charge is 0.369 e. The zero-order valence-corrected chi connectivity index (χ0v) is 8.90. The van der Waals surface area contributed by atoms with Crippen molar-refractivity contribution in [2.45, 2.75) is 18.9 Å². The average Bonchev–Trinajstić information content (AvgIpc) is 2.95. The monoisotopic (exact) mass is 212 g/mol. The van der Waals surface area contributed by atoms with Gasteiger partial charge >= 0.3 is 0 Å². The van der Waals surface area contributed by atoms with Gasteiger partial charge in [0.2, 0.25) is 0 Å². The zero-order valence-electron chi connectivity index (χ0n) is 8.90. The minimum atomic E-state index is -0.154. The summed E-state index contributed by atoms with van der Waals surface area (Å²) < 4.78 is 5.55. The van der Waals surface area contributed by atoms with Crippen LogP contribution in [0, 0.1) is 5.92 Å². The van der Waals surface area contributed by atoms with Crippen molar-refractivity contribution in [3.8, 4) is 0 Å². The van der Waals surface area contributed by atoms with Crippen LogP contribution in [-0.4, -0.2) is 18.5 Å². The van der Waals surface area contributed by atoms with Crippen LogP contribution in [-0.2, 0) is 16.0 Å². The molecule has 3 aliphatic rings. The van der Waals surface area contributed by atoms with Gasteiger partial charge < -0.3 is 4.74 Å². The summed E-state index contributed by atoms with van der Waals surface area (Å²) >= 11 is 0. The average molecular weight is 212 g/mol. The maximum Gasteiger partial charge on any atom is 0.192 e. The van der Waals surface area contributed by atoms with Gasteiger partial charge in [0.05, 0.1) is 0 Å². The van der Waals surface area contributed by atoms with Crippen LogP contribution in [0.2, 0.25) is 0 Å². The molecule has 4 rings (SSSR count). The fourth-order valence-corrected chi connectivity index (χ4v) is 3.34. The van der Waals surface area contributed by atoms with Crippen molar-refractivity contribution >= 4 is 11.4 Å². The van der Waals surface area contributed by atoms with Crippen LogP contribution < -0.4 is 0 Å². The van der Waals surface area contributed by atoms with Crippen molar-refractivity contribution in [3.05, 3.63) is 41.0 Å². The fraction of sp³-hybridized carbons (Fsp3) is 0.357. The lowest BCUT2D eigenvalue weighted by molar-refractivity contribution is -0.122. The lowest BCUT2D eigenvalue weighted by atomic mass is 9.94. The summed E-state index contributed by atoms with van der Waals surface area (Å²) in [6, 6.07) is 8.26. The Morgan fingerprint density at radius 3 is 3.06 bits per heavy atom. The second-order valence-corrected chi connectivity index (χ2v) is 4.78. The first-order valence-electron chi connectivity index (χ1n) is 5.83. The van der Waals surface area contributed by atoms with Crippen LogP contribution in [0.5, 0.6) is 0 Å².